The molecular formula is C25H21F5N6O3. The SMILES string of the molecule is CNC(=O)c1cc(Oc2ccc3nc(N(F)c4c(F)c(F)c(F)c(OCC5CCCN5)c4F)[nH]c3c2)ccn1. The molecule has 14 heteroatoms. The Morgan fingerprint density at radius 1 is 1.10 bits per heavy atom. The van der Waals surface area contributed by atoms with Crippen molar-refractivity contribution in [3.05, 3.63) is 65.5 Å². The van der Waals surface area contributed by atoms with Crippen LogP contribution in [0.5, 0.6) is 17.2 Å². The predicted octanol–water partition coefficient (Wildman–Crippen LogP) is 4.82. The average Bonchev–Trinajstić information content (AvgIpc) is 3.61. The molecule has 1 amide bonds. The van der Waals surface area contributed by atoms with E-state index in [4.69, 9.17) is 9.47 Å². The Balaban J connectivity index is 1.42. The number of H-pyrrole nitrogens is 1. The first-order valence-electron chi connectivity index (χ1n) is 11.8. The zero-order valence-corrected chi connectivity index (χ0v) is 20.3. The third kappa shape index (κ3) is 5.14. The lowest BCUT2D eigenvalue weighted by Gasteiger charge is -2.18. The molecule has 1 fully saturated rings. The minimum absolute atomic E-state index is 0.117. The number of benzene rings is 2. The van der Waals surface area contributed by atoms with E-state index in [0.717, 1.165) is 6.42 Å². The monoisotopic (exact) mass is 548 g/mol. The molecule has 3 heterocycles. The van der Waals surface area contributed by atoms with Gasteiger partial charge in [-0.15, -0.1) is 5.12 Å². The van der Waals surface area contributed by atoms with Crippen LogP contribution in [0.1, 0.15) is 23.3 Å². The summed E-state index contributed by atoms with van der Waals surface area (Å²) in [4.78, 5) is 22.2. The maximum atomic E-state index is 15.3. The number of hydrogen-bond acceptors (Lipinski definition) is 7. The van der Waals surface area contributed by atoms with Crippen molar-refractivity contribution >= 4 is 28.6 Å². The first kappa shape index (κ1) is 26.2. The van der Waals surface area contributed by atoms with Crippen LogP contribution in [0.15, 0.2) is 36.5 Å². The Labute approximate surface area is 217 Å². The number of amides is 1. The number of anilines is 2. The van der Waals surface area contributed by atoms with Gasteiger partial charge in [0.25, 0.3) is 5.91 Å². The van der Waals surface area contributed by atoms with Gasteiger partial charge in [0.05, 0.1) is 11.0 Å². The summed E-state index contributed by atoms with van der Waals surface area (Å²) >= 11 is 0. The number of hydrogen-bond donors (Lipinski definition) is 3. The second kappa shape index (κ2) is 10.7. The maximum Gasteiger partial charge on any atom is 0.269 e. The van der Waals surface area contributed by atoms with Gasteiger partial charge >= 0.3 is 0 Å². The number of carbonyl (C=O) groups is 1. The van der Waals surface area contributed by atoms with Crippen LogP contribution in [0, 0.1) is 23.3 Å². The molecule has 1 saturated heterocycles. The summed E-state index contributed by atoms with van der Waals surface area (Å²) < 4.78 is 84.4. The Morgan fingerprint density at radius 2 is 1.90 bits per heavy atom. The minimum atomic E-state index is -2.09. The molecule has 1 unspecified atom stereocenters. The van der Waals surface area contributed by atoms with E-state index in [-0.39, 0.29) is 40.9 Å². The van der Waals surface area contributed by atoms with Gasteiger partial charge in [-0.25, -0.2) is 18.2 Å². The Morgan fingerprint density at radius 3 is 2.64 bits per heavy atom. The molecule has 1 aliphatic heterocycles. The first-order valence-corrected chi connectivity index (χ1v) is 11.8. The molecule has 1 atom stereocenters. The fourth-order valence-electron chi connectivity index (χ4n) is 4.08. The van der Waals surface area contributed by atoms with Crippen molar-refractivity contribution in [3.63, 3.8) is 0 Å². The Kier molecular flexibility index (Phi) is 7.19. The second-order valence-electron chi connectivity index (χ2n) is 8.62. The normalized spacial score (nSPS) is 15.0. The zero-order valence-electron chi connectivity index (χ0n) is 20.3. The third-order valence-electron chi connectivity index (χ3n) is 6.04. The number of aromatic nitrogens is 3. The van der Waals surface area contributed by atoms with Crippen molar-refractivity contribution in [2.24, 2.45) is 0 Å². The summed E-state index contributed by atoms with van der Waals surface area (Å²) in [7, 11) is 1.45. The van der Waals surface area contributed by atoms with Gasteiger partial charge in [0.15, 0.2) is 23.1 Å². The van der Waals surface area contributed by atoms with Crippen molar-refractivity contribution in [2.45, 2.75) is 18.9 Å². The number of rotatable bonds is 8. The quantitative estimate of drug-likeness (QED) is 0.126. The molecular weight excluding hydrogens is 527 g/mol. The maximum absolute atomic E-state index is 15.3. The highest BCUT2D eigenvalue weighted by Gasteiger charge is 2.33. The molecule has 2 aromatic heterocycles. The number of nitrogens with one attached hydrogen (secondary N) is 3. The first-order chi connectivity index (χ1) is 18.8. The van der Waals surface area contributed by atoms with Crippen molar-refractivity contribution in [2.75, 3.05) is 25.3 Å². The molecule has 0 spiro atoms. The van der Waals surface area contributed by atoms with Crippen molar-refractivity contribution in [1.82, 2.24) is 25.6 Å². The number of ether oxygens (including phenoxy) is 2. The Hall–Kier alpha value is -4.46. The molecule has 0 aliphatic carbocycles. The van der Waals surface area contributed by atoms with Gasteiger partial charge in [-0.2, -0.15) is 4.39 Å². The summed E-state index contributed by atoms with van der Waals surface area (Å²) in [6, 6.07) is 7.01. The number of imidazole rings is 1. The molecule has 9 nitrogen and oxygen atoms in total. The lowest BCUT2D eigenvalue weighted by atomic mass is 10.2. The van der Waals surface area contributed by atoms with E-state index in [9.17, 15) is 18.0 Å². The molecule has 204 valence electrons. The molecule has 39 heavy (non-hydrogen) atoms. The van der Waals surface area contributed by atoms with E-state index in [1.54, 1.807) is 0 Å². The summed E-state index contributed by atoms with van der Waals surface area (Å²) in [5, 5.41) is 4.91. The molecule has 0 bridgehead atoms. The molecule has 5 rings (SSSR count). The molecule has 3 N–H and O–H groups in total. The third-order valence-corrected chi connectivity index (χ3v) is 6.04. The fourth-order valence-corrected chi connectivity index (χ4v) is 4.08. The van der Waals surface area contributed by atoms with Gasteiger partial charge < -0.3 is 25.1 Å². The molecule has 1 aliphatic rings. The standard InChI is InChI=1S/C25H21F5N6O3/c1-31-24(37)17-10-14(6-8-33-17)39-13-4-5-15-16(9-13)35-25(34-15)36(30)22-19(27)18(26)20(28)23(21(22)29)38-11-12-3-2-7-32-12/h4-6,8-10,12,32H,2-3,7,11H2,1H3,(H,31,37)(H,34,35). The molecule has 0 radical (unpaired) electrons. The van der Waals surface area contributed by atoms with E-state index < -0.39 is 51.7 Å². The van der Waals surface area contributed by atoms with Gasteiger partial charge in [0.1, 0.15) is 23.8 Å². The van der Waals surface area contributed by atoms with Gasteiger partial charge in [0, 0.05) is 31.4 Å². The van der Waals surface area contributed by atoms with Gasteiger partial charge in [-0.3, -0.25) is 9.78 Å². The van der Waals surface area contributed by atoms with Gasteiger partial charge in [-0.1, -0.05) is 4.48 Å². The van der Waals surface area contributed by atoms with Crippen LogP contribution < -0.4 is 25.2 Å². The molecule has 4 aromatic rings. The highest BCUT2D eigenvalue weighted by atomic mass is 19.2. The predicted molar refractivity (Wildman–Crippen MR) is 130 cm³/mol. The largest absolute Gasteiger partial charge is 0.486 e. The number of carbonyl (C=O) groups excluding carboxylic acids is 1. The van der Waals surface area contributed by atoms with Crippen LogP contribution in [0.2, 0.25) is 0 Å². The minimum Gasteiger partial charge on any atom is -0.486 e. The molecule has 2 aromatic carbocycles. The van der Waals surface area contributed by atoms with Crippen LogP contribution in [-0.4, -0.2) is 47.1 Å². The number of halogens is 5. The highest BCUT2D eigenvalue weighted by Crippen LogP contribution is 2.39. The van der Waals surface area contributed by atoms with E-state index in [1.165, 1.54) is 43.6 Å². The van der Waals surface area contributed by atoms with Crippen molar-refractivity contribution in [1.29, 1.82) is 0 Å². The molecule has 0 saturated carbocycles. The van der Waals surface area contributed by atoms with E-state index in [1.807, 2.05) is 0 Å². The smallest absolute Gasteiger partial charge is 0.269 e. The van der Waals surface area contributed by atoms with Crippen LogP contribution in [0.25, 0.3) is 11.0 Å². The fraction of sp³-hybridized carbons (Fsp3) is 0.240. The van der Waals surface area contributed by atoms with E-state index in [2.05, 4.69) is 25.6 Å². The Bertz CT molecular complexity index is 1540. The van der Waals surface area contributed by atoms with Crippen LogP contribution >= 0.6 is 0 Å². The summed E-state index contributed by atoms with van der Waals surface area (Å²) in [6.45, 7) is 0.457. The number of fused-ring (bicyclic) bond motifs is 1. The summed E-state index contributed by atoms with van der Waals surface area (Å²) in [5.74, 6) is -9.68. The van der Waals surface area contributed by atoms with Crippen LogP contribution in [0.4, 0.5) is 33.7 Å². The highest BCUT2D eigenvalue weighted by molar-refractivity contribution is 5.92. The lowest BCUT2D eigenvalue weighted by molar-refractivity contribution is 0.0958. The van der Waals surface area contributed by atoms with Gasteiger partial charge in [0.2, 0.25) is 17.6 Å². The van der Waals surface area contributed by atoms with E-state index >= 15 is 8.87 Å². The van der Waals surface area contributed by atoms with Gasteiger partial charge in [-0.05, 0) is 37.6 Å². The van der Waals surface area contributed by atoms with Crippen LogP contribution in [0.3, 0.4) is 0 Å². The van der Waals surface area contributed by atoms with Crippen molar-refractivity contribution < 1.29 is 36.3 Å². The average molecular weight is 548 g/mol. The van der Waals surface area contributed by atoms with Crippen LogP contribution in [-0.2, 0) is 0 Å². The summed E-state index contributed by atoms with van der Waals surface area (Å²) in [5.41, 5.74) is -1.05. The second-order valence-corrected chi connectivity index (χ2v) is 8.62. The zero-order chi connectivity index (χ0) is 27.7. The number of nitrogens with zero attached hydrogens (tertiary/aromatic N) is 3. The van der Waals surface area contributed by atoms with Crippen molar-refractivity contribution in [3.8, 4) is 17.2 Å². The lowest BCUT2D eigenvalue weighted by Crippen LogP contribution is -2.28. The summed E-state index contributed by atoms with van der Waals surface area (Å²) in [6.07, 6.45) is 2.86. The number of aromatic amines is 1. The van der Waals surface area contributed by atoms with E-state index in [0.29, 0.717) is 13.0 Å². The number of pyridine rings is 1. The topological polar surface area (TPSA) is 104 Å².